The van der Waals surface area contributed by atoms with Crippen LogP contribution in [0, 0.1) is 11.8 Å². The molecule has 1 saturated carbocycles. The molecule has 0 amide bonds. The minimum atomic E-state index is -4.84. The van der Waals surface area contributed by atoms with E-state index in [9.17, 15) is 34.3 Å². The molecule has 314 valence electrons. The molecule has 12 nitrogen and oxygen atoms in total. The van der Waals surface area contributed by atoms with Gasteiger partial charge in [-0.05, 0) is 51.4 Å². The molecular formula is C41H73O12P. The molecule has 0 aromatic carbocycles. The molecule has 0 heterocycles. The van der Waals surface area contributed by atoms with E-state index < -0.39 is 69.2 Å². The van der Waals surface area contributed by atoms with Gasteiger partial charge in [0.2, 0.25) is 0 Å². The van der Waals surface area contributed by atoms with E-state index >= 15 is 0 Å². The number of carbonyl (C=O) groups is 3. The van der Waals surface area contributed by atoms with Crippen molar-refractivity contribution in [2.45, 2.75) is 192 Å². The number of ether oxygens (including phenoxy) is 2. The summed E-state index contributed by atoms with van der Waals surface area (Å²) in [6.07, 6.45) is 23.9. The van der Waals surface area contributed by atoms with Gasteiger partial charge in [0.15, 0.2) is 6.10 Å². The molecule has 1 aliphatic rings. The van der Waals surface area contributed by atoms with Crippen LogP contribution in [0.2, 0.25) is 0 Å². The van der Waals surface area contributed by atoms with Crippen LogP contribution in [0.4, 0.5) is 0 Å². The molecule has 0 aromatic rings. The molecule has 1 rings (SSSR count). The first-order valence-corrected chi connectivity index (χ1v) is 22.3. The van der Waals surface area contributed by atoms with Crippen LogP contribution < -0.4 is 0 Å². The Morgan fingerprint density at radius 1 is 0.722 bits per heavy atom. The number of phosphoric acid groups is 1. The van der Waals surface area contributed by atoms with Gasteiger partial charge in [-0.1, -0.05) is 109 Å². The summed E-state index contributed by atoms with van der Waals surface area (Å²) in [5.74, 6) is -2.17. The summed E-state index contributed by atoms with van der Waals surface area (Å²) in [6, 6.07) is 0. The van der Waals surface area contributed by atoms with Crippen LogP contribution in [-0.4, -0.2) is 80.5 Å². The number of aliphatic hydroxyl groups excluding tert-OH is 3. The van der Waals surface area contributed by atoms with Crippen molar-refractivity contribution in [1.29, 1.82) is 0 Å². The second-order valence-electron chi connectivity index (χ2n) is 14.9. The Morgan fingerprint density at radius 3 is 1.93 bits per heavy atom. The van der Waals surface area contributed by atoms with E-state index in [1.54, 1.807) is 12.2 Å². The van der Waals surface area contributed by atoms with Gasteiger partial charge in [-0.2, -0.15) is 0 Å². The molecule has 0 saturated heterocycles. The first-order chi connectivity index (χ1) is 25.9. The predicted octanol–water partition coefficient (Wildman–Crippen LogP) is 7.96. The fourth-order valence-electron chi connectivity index (χ4n) is 6.72. The number of esters is 2. The van der Waals surface area contributed by atoms with Gasteiger partial charge in [0, 0.05) is 43.9 Å². The zero-order valence-electron chi connectivity index (χ0n) is 33.2. The van der Waals surface area contributed by atoms with Crippen molar-refractivity contribution in [2.24, 2.45) is 11.8 Å². The molecular weight excluding hydrogens is 715 g/mol. The third-order valence-electron chi connectivity index (χ3n) is 9.92. The second-order valence-corrected chi connectivity index (χ2v) is 16.2. The fourth-order valence-corrected chi connectivity index (χ4v) is 7.08. The SMILES string of the molecule is CCCCCC/C=C\CCCCCCCCCC(=O)O[C@H](COC(=O)CCCCC(=O)C[C@@H]1[C@@H](/C=C/[C@@H](O)CCCCC)[C@H](O)C[C@@H]1O)COP(=O)(O)O. The number of Topliss-reactive ketones (excluding diaryl/α,β-unsaturated/α-hetero) is 1. The molecule has 6 atom stereocenters. The first kappa shape index (κ1) is 50.1. The van der Waals surface area contributed by atoms with Crippen LogP contribution in [0.25, 0.3) is 0 Å². The number of hydrogen-bond donors (Lipinski definition) is 5. The van der Waals surface area contributed by atoms with E-state index in [0.29, 0.717) is 25.7 Å². The van der Waals surface area contributed by atoms with Crippen LogP contribution in [0.3, 0.4) is 0 Å². The van der Waals surface area contributed by atoms with Crippen LogP contribution in [0.5, 0.6) is 0 Å². The zero-order valence-corrected chi connectivity index (χ0v) is 34.1. The zero-order chi connectivity index (χ0) is 40.0. The van der Waals surface area contributed by atoms with Crippen molar-refractivity contribution in [1.82, 2.24) is 0 Å². The van der Waals surface area contributed by atoms with E-state index in [4.69, 9.17) is 19.3 Å². The molecule has 13 heteroatoms. The molecule has 0 radical (unpaired) electrons. The monoisotopic (exact) mass is 788 g/mol. The van der Waals surface area contributed by atoms with Crippen LogP contribution in [0.1, 0.15) is 168 Å². The number of hydrogen-bond acceptors (Lipinski definition) is 10. The summed E-state index contributed by atoms with van der Waals surface area (Å²) in [5.41, 5.74) is 0. The first-order valence-electron chi connectivity index (χ1n) is 20.8. The quantitative estimate of drug-likeness (QED) is 0.0183. The highest BCUT2D eigenvalue weighted by Gasteiger charge is 2.41. The van der Waals surface area contributed by atoms with Gasteiger partial charge in [0.1, 0.15) is 12.4 Å². The van der Waals surface area contributed by atoms with E-state index in [1.807, 2.05) is 0 Å². The molecule has 54 heavy (non-hydrogen) atoms. The van der Waals surface area contributed by atoms with Gasteiger partial charge >= 0.3 is 19.8 Å². The van der Waals surface area contributed by atoms with Crippen molar-refractivity contribution in [2.75, 3.05) is 13.2 Å². The van der Waals surface area contributed by atoms with Crippen molar-refractivity contribution < 1.29 is 58.1 Å². The average molecular weight is 789 g/mol. The van der Waals surface area contributed by atoms with E-state index in [-0.39, 0.29) is 37.9 Å². The van der Waals surface area contributed by atoms with Gasteiger partial charge in [0.05, 0.1) is 24.9 Å². The van der Waals surface area contributed by atoms with Gasteiger partial charge in [-0.25, -0.2) is 4.57 Å². The molecule has 0 unspecified atom stereocenters. The Bertz CT molecular complexity index is 1110. The molecule has 5 N–H and O–H groups in total. The third kappa shape index (κ3) is 26.8. The molecule has 1 fully saturated rings. The van der Waals surface area contributed by atoms with Crippen molar-refractivity contribution in [3.05, 3.63) is 24.3 Å². The average Bonchev–Trinajstić information content (AvgIpc) is 3.38. The summed E-state index contributed by atoms with van der Waals surface area (Å²) in [4.78, 5) is 55.8. The van der Waals surface area contributed by atoms with E-state index in [0.717, 1.165) is 51.4 Å². The number of carbonyl (C=O) groups excluding carboxylic acids is 3. The van der Waals surface area contributed by atoms with Crippen molar-refractivity contribution in [3.63, 3.8) is 0 Å². The number of ketones is 1. The number of allylic oxidation sites excluding steroid dienone is 2. The number of rotatable bonds is 34. The standard InChI is InChI=1S/C41H73O12P/c1-3-5-7-8-9-10-11-12-13-14-15-16-17-18-20-26-41(47)53-35(32-52-54(48,49)50)31-51-40(46)25-22-21-24-34(43)29-37-36(38(44)30-39(37)45)28-27-33(42)23-19-6-4-2/h10-11,27-28,33,35-39,42,44-45H,3-9,12-26,29-32H2,1-2H3,(H2,48,49,50)/b11-10-,28-27+/t33-,35+,36+,37+,38+,39-/m0/s1. The topological polar surface area (TPSA) is 197 Å². The van der Waals surface area contributed by atoms with Gasteiger partial charge in [-0.3, -0.25) is 18.9 Å². The molecule has 0 bridgehead atoms. The lowest BCUT2D eigenvalue weighted by Crippen LogP contribution is -2.29. The van der Waals surface area contributed by atoms with Crippen molar-refractivity contribution >= 4 is 25.5 Å². The van der Waals surface area contributed by atoms with Crippen LogP contribution in [0.15, 0.2) is 24.3 Å². The lowest BCUT2D eigenvalue weighted by atomic mass is 9.87. The summed E-state index contributed by atoms with van der Waals surface area (Å²) in [7, 11) is -4.84. The highest BCUT2D eigenvalue weighted by molar-refractivity contribution is 7.46. The van der Waals surface area contributed by atoms with Gasteiger partial charge in [-0.15, -0.1) is 0 Å². The summed E-state index contributed by atoms with van der Waals surface area (Å²) >= 11 is 0. The Hall–Kier alpha value is -1.92. The van der Waals surface area contributed by atoms with Crippen LogP contribution >= 0.6 is 7.82 Å². The van der Waals surface area contributed by atoms with Gasteiger partial charge in [0.25, 0.3) is 0 Å². The minimum absolute atomic E-state index is 0.0187. The Kier molecular flexibility index (Phi) is 28.9. The maximum atomic E-state index is 12.7. The highest BCUT2D eigenvalue weighted by Crippen LogP contribution is 2.37. The smallest absolute Gasteiger partial charge is 0.462 e. The second kappa shape index (κ2) is 31.2. The lowest BCUT2D eigenvalue weighted by molar-refractivity contribution is -0.161. The molecule has 0 aromatic heterocycles. The van der Waals surface area contributed by atoms with E-state index in [2.05, 4.69) is 30.5 Å². The molecule has 0 spiro atoms. The maximum Gasteiger partial charge on any atom is 0.469 e. The summed E-state index contributed by atoms with van der Waals surface area (Å²) < 4.78 is 26.3. The van der Waals surface area contributed by atoms with Crippen molar-refractivity contribution in [3.8, 4) is 0 Å². The predicted molar refractivity (Wildman–Crippen MR) is 209 cm³/mol. The normalized spacial score (nSPS) is 20.1. The molecule has 0 aliphatic heterocycles. The Labute approximate surface area is 324 Å². The summed E-state index contributed by atoms with van der Waals surface area (Å²) in [6.45, 7) is 3.24. The lowest BCUT2D eigenvalue weighted by Gasteiger charge is -2.20. The minimum Gasteiger partial charge on any atom is -0.462 e. The van der Waals surface area contributed by atoms with Gasteiger partial charge < -0.3 is 34.6 Å². The summed E-state index contributed by atoms with van der Waals surface area (Å²) in [5, 5.41) is 31.2. The largest absolute Gasteiger partial charge is 0.469 e. The maximum absolute atomic E-state index is 12.7. The third-order valence-corrected chi connectivity index (χ3v) is 10.4. The fraction of sp³-hybridized carbons (Fsp3) is 0.829. The highest BCUT2D eigenvalue weighted by atomic mass is 31.2. The Balaban J connectivity index is 2.32. The van der Waals surface area contributed by atoms with Crippen LogP contribution in [-0.2, 0) is 32.9 Å². The van der Waals surface area contributed by atoms with E-state index in [1.165, 1.54) is 44.9 Å². The number of phosphoric ester groups is 1. The number of aliphatic hydroxyl groups is 3. The Morgan fingerprint density at radius 2 is 1.28 bits per heavy atom. The number of unbranched alkanes of at least 4 members (excludes halogenated alkanes) is 14. The molecule has 1 aliphatic carbocycles.